The Morgan fingerprint density at radius 2 is 0.894 bits per heavy atom. The Balaban J connectivity index is 1.36. The van der Waals surface area contributed by atoms with Crippen molar-refractivity contribution in [1.82, 2.24) is 13.7 Å². The Kier molecular flexibility index (Phi) is 5.32. The Bertz CT molecular complexity index is 2900. The van der Waals surface area contributed by atoms with Gasteiger partial charge < -0.3 is 13.7 Å². The standard InChI is InChI=1S/C43H26N4/c44-27-28-19-22-39-35(25-28)36-26-31(20-23-40(36)45(39)29-11-3-1-4-12-29)47-37-17-9-7-15-32(37)33-21-24-41-42(43(33)47)34-16-8-10-18-38(34)46(41)30-13-5-2-6-14-30/h1-26H. The highest BCUT2D eigenvalue weighted by Gasteiger charge is 2.21. The quantitative estimate of drug-likeness (QED) is 0.199. The van der Waals surface area contributed by atoms with Gasteiger partial charge in [-0.15, -0.1) is 0 Å². The topological polar surface area (TPSA) is 38.6 Å². The molecule has 0 spiro atoms. The maximum atomic E-state index is 9.84. The van der Waals surface area contributed by atoms with Crippen LogP contribution in [0.25, 0.3) is 82.5 Å². The van der Waals surface area contributed by atoms with Gasteiger partial charge in [-0.1, -0.05) is 78.9 Å². The summed E-state index contributed by atoms with van der Waals surface area (Å²) in [5.74, 6) is 0. The first kappa shape index (κ1) is 25.7. The van der Waals surface area contributed by atoms with Gasteiger partial charge in [0.25, 0.3) is 0 Å². The molecule has 4 nitrogen and oxygen atoms in total. The van der Waals surface area contributed by atoms with Gasteiger partial charge in [0.1, 0.15) is 0 Å². The molecule has 0 amide bonds. The molecule has 0 saturated heterocycles. The number of rotatable bonds is 3. The summed E-state index contributed by atoms with van der Waals surface area (Å²) in [6, 6.07) is 58.2. The second-order valence-corrected chi connectivity index (χ2v) is 12.1. The number of benzene rings is 7. The third-order valence-electron chi connectivity index (χ3n) is 9.63. The fourth-order valence-electron chi connectivity index (χ4n) is 7.71. The molecule has 0 N–H and O–H groups in total. The lowest BCUT2D eigenvalue weighted by Gasteiger charge is -2.11. The monoisotopic (exact) mass is 598 g/mol. The van der Waals surface area contributed by atoms with Crippen molar-refractivity contribution in [3.8, 4) is 23.1 Å². The molecule has 47 heavy (non-hydrogen) atoms. The summed E-state index contributed by atoms with van der Waals surface area (Å²) in [6.07, 6.45) is 0. The lowest BCUT2D eigenvalue weighted by molar-refractivity contribution is 1.17. The van der Waals surface area contributed by atoms with Crippen LogP contribution in [0, 0.1) is 11.3 Å². The molecule has 0 fully saturated rings. The van der Waals surface area contributed by atoms with Crippen LogP contribution < -0.4 is 0 Å². The average Bonchev–Trinajstić information content (AvgIpc) is 3.77. The van der Waals surface area contributed by atoms with Crippen molar-refractivity contribution in [2.75, 3.05) is 0 Å². The minimum atomic E-state index is 0.655. The van der Waals surface area contributed by atoms with Crippen LogP contribution in [0.5, 0.6) is 0 Å². The number of hydrogen-bond donors (Lipinski definition) is 0. The van der Waals surface area contributed by atoms with Gasteiger partial charge in [0, 0.05) is 49.4 Å². The lowest BCUT2D eigenvalue weighted by atomic mass is 10.1. The van der Waals surface area contributed by atoms with Gasteiger partial charge in [0.15, 0.2) is 0 Å². The fraction of sp³-hybridized carbons (Fsp3) is 0. The van der Waals surface area contributed by atoms with E-state index in [2.05, 4.69) is 159 Å². The molecule has 0 unspecified atom stereocenters. The first-order valence-electron chi connectivity index (χ1n) is 15.8. The summed E-state index contributed by atoms with van der Waals surface area (Å²) < 4.78 is 7.12. The maximum Gasteiger partial charge on any atom is 0.0991 e. The summed E-state index contributed by atoms with van der Waals surface area (Å²) in [7, 11) is 0. The number of hydrogen-bond acceptors (Lipinski definition) is 1. The number of para-hydroxylation sites is 4. The number of nitrogens with zero attached hydrogens (tertiary/aromatic N) is 4. The van der Waals surface area contributed by atoms with E-state index >= 15 is 0 Å². The zero-order valence-corrected chi connectivity index (χ0v) is 25.3. The van der Waals surface area contributed by atoms with Gasteiger partial charge in [-0.3, -0.25) is 0 Å². The van der Waals surface area contributed by atoms with Crippen molar-refractivity contribution < 1.29 is 0 Å². The van der Waals surface area contributed by atoms with E-state index in [9.17, 15) is 5.26 Å². The average molecular weight is 599 g/mol. The molecule has 0 aliphatic carbocycles. The molecule has 10 aromatic rings. The first-order valence-corrected chi connectivity index (χ1v) is 15.8. The lowest BCUT2D eigenvalue weighted by Crippen LogP contribution is -1.96. The van der Waals surface area contributed by atoms with Gasteiger partial charge in [0.05, 0.1) is 44.7 Å². The van der Waals surface area contributed by atoms with E-state index in [0.717, 1.165) is 44.4 Å². The van der Waals surface area contributed by atoms with Gasteiger partial charge in [-0.2, -0.15) is 5.26 Å². The molecule has 3 heterocycles. The van der Waals surface area contributed by atoms with E-state index in [1.165, 1.54) is 38.1 Å². The van der Waals surface area contributed by atoms with E-state index in [-0.39, 0.29) is 0 Å². The normalized spacial score (nSPS) is 11.8. The predicted molar refractivity (Wildman–Crippen MR) is 194 cm³/mol. The van der Waals surface area contributed by atoms with Crippen LogP contribution in [0.4, 0.5) is 0 Å². The van der Waals surface area contributed by atoms with Crippen LogP contribution in [0.3, 0.4) is 0 Å². The summed E-state index contributed by atoms with van der Waals surface area (Å²) in [4.78, 5) is 0. The van der Waals surface area contributed by atoms with Crippen molar-refractivity contribution in [3.05, 3.63) is 163 Å². The molecule has 0 radical (unpaired) electrons. The maximum absolute atomic E-state index is 9.84. The zero-order chi connectivity index (χ0) is 31.1. The summed E-state index contributed by atoms with van der Waals surface area (Å²) >= 11 is 0. The molecule has 0 aliphatic heterocycles. The van der Waals surface area contributed by atoms with Crippen LogP contribution in [0.1, 0.15) is 5.56 Å². The van der Waals surface area contributed by atoms with E-state index < -0.39 is 0 Å². The number of aromatic nitrogens is 3. The van der Waals surface area contributed by atoms with Gasteiger partial charge in [-0.05, 0) is 78.9 Å². The molecule has 7 aromatic carbocycles. The molecule has 4 heteroatoms. The van der Waals surface area contributed by atoms with E-state index in [0.29, 0.717) is 5.56 Å². The largest absolute Gasteiger partial charge is 0.309 e. The van der Waals surface area contributed by atoms with Crippen molar-refractivity contribution in [3.63, 3.8) is 0 Å². The van der Waals surface area contributed by atoms with Crippen LogP contribution in [-0.4, -0.2) is 13.7 Å². The Morgan fingerprint density at radius 1 is 0.362 bits per heavy atom. The number of nitriles is 1. The molecular weight excluding hydrogens is 573 g/mol. The Morgan fingerprint density at radius 3 is 1.60 bits per heavy atom. The van der Waals surface area contributed by atoms with Crippen LogP contribution >= 0.6 is 0 Å². The molecular formula is C43H26N4. The minimum Gasteiger partial charge on any atom is -0.309 e. The van der Waals surface area contributed by atoms with E-state index in [1.54, 1.807) is 0 Å². The highest BCUT2D eigenvalue weighted by atomic mass is 15.0. The second-order valence-electron chi connectivity index (χ2n) is 12.1. The Hall–Kier alpha value is -6.57. The third kappa shape index (κ3) is 3.57. The molecule has 0 bridgehead atoms. The van der Waals surface area contributed by atoms with E-state index in [1.807, 2.05) is 18.2 Å². The van der Waals surface area contributed by atoms with Crippen molar-refractivity contribution in [1.29, 1.82) is 5.26 Å². The van der Waals surface area contributed by atoms with Crippen molar-refractivity contribution >= 4 is 65.4 Å². The van der Waals surface area contributed by atoms with Gasteiger partial charge in [-0.25, -0.2) is 0 Å². The highest BCUT2D eigenvalue weighted by Crippen LogP contribution is 2.43. The van der Waals surface area contributed by atoms with Crippen LogP contribution in [0.15, 0.2) is 158 Å². The second kappa shape index (κ2) is 9.71. The number of fused-ring (bicyclic) bond motifs is 10. The summed E-state index contributed by atoms with van der Waals surface area (Å²) in [5, 5.41) is 16.9. The minimum absolute atomic E-state index is 0.655. The summed E-state index contributed by atoms with van der Waals surface area (Å²) in [5.41, 5.74) is 10.9. The zero-order valence-electron chi connectivity index (χ0n) is 25.3. The molecule has 10 rings (SSSR count). The molecule has 0 aliphatic rings. The van der Waals surface area contributed by atoms with Crippen molar-refractivity contribution in [2.24, 2.45) is 0 Å². The smallest absolute Gasteiger partial charge is 0.0991 e. The SMILES string of the molecule is N#Cc1ccc2c(c1)c1cc(-n3c4ccccc4c4ccc5c(c6ccccc6n5-c5ccccc5)c43)ccc1n2-c1ccccc1. The summed E-state index contributed by atoms with van der Waals surface area (Å²) in [6.45, 7) is 0. The van der Waals surface area contributed by atoms with Gasteiger partial charge in [0.2, 0.25) is 0 Å². The van der Waals surface area contributed by atoms with Crippen molar-refractivity contribution in [2.45, 2.75) is 0 Å². The molecule has 0 saturated carbocycles. The highest BCUT2D eigenvalue weighted by molar-refractivity contribution is 6.26. The first-order chi connectivity index (χ1) is 23.3. The molecule has 3 aromatic heterocycles. The van der Waals surface area contributed by atoms with E-state index in [4.69, 9.17) is 0 Å². The third-order valence-corrected chi connectivity index (χ3v) is 9.63. The molecule has 0 atom stereocenters. The molecule has 218 valence electrons. The Labute approximate surface area is 270 Å². The van der Waals surface area contributed by atoms with Crippen LogP contribution in [-0.2, 0) is 0 Å². The van der Waals surface area contributed by atoms with Gasteiger partial charge >= 0.3 is 0 Å². The fourth-order valence-corrected chi connectivity index (χ4v) is 7.71. The predicted octanol–water partition coefficient (Wildman–Crippen LogP) is 10.8. The van der Waals surface area contributed by atoms with Crippen LogP contribution in [0.2, 0.25) is 0 Å².